The number of likely N-dealkylation sites (tertiary alicyclic amines) is 1. The van der Waals surface area contributed by atoms with Crippen molar-refractivity contribution in [2.45, 2.75) is 52.1 Å². The van der Waals surface area contributed by atoms with Gasteiger partial charge in [0.05, 0.1) is 0 Å². The minimum atomic E-state index is 0.555. The van der Waals surface area contributed by atoms with Gasteiger partial charge in [-0.25, -0.2) is 9.97 Å². The molecule has 0 saturated carbocycles. The third-order valence-corrected chi connectivity index (χ3v) is 4.43. The number of piperidine rings is 1. The summed E-state index contributed by atoms with van der Waals surface area (Å²) in [6.45, 7) is 9.11. The standard InChI is InChI=1S/C16H24N4/c1-4-15-18-14-6-5-9-17-16(14)20(15)13-7-10-19(11-8-13)12(2)3/h5-6,9,12-13H,4,7-8,10-11H2,1-3H3. The molecule has 2 aromatic rings. The van der Waals surface area contributed by atoms with E-state index in [9.17, 15) is 0 Å². The van der Waals surface area contributed by atoms with Crippen molar-refractivity contribution < 1.29 is 0 Å². The van der Waals surface area contributed by atoms with Crippen LogP contribution in [0.2, 0.25) is 0 Å². The van der Waals surface area contributed by atoms with Gasteiger partial charge in [-0.2, -0.15) is 0 Å². The lowest BCUT2D eigenvalue weighted by Crippen LogP contribution is -2.39. The highest BCUT2D eigenvalue weighted by Crippen LogP contribution is 2.28. The molecule has 3 heterocycles. The van der Waals surface area contributed by atoms with E-state index in [0.29, 0.717) is 12.1 Å². The van der Waals surface area contributed by atoms with Crippen molar-refractivity contribution in [2.24, 2.45) is 0 Å². The summed E-state index contributed by atoms with van der Waals surface area (Å²) in [5, 5.41) is 0. The van der Waals surface area contributed by atoms with Gasteiger partial charge in [-0.3, -0.25) is 0 Å². The summed E-state index contributed by atoms with van der Waals surface area (Å²) in [4.78, 5) is 11.9. The van der Waals surface area contributed by atoms with Crippen molar-refractivity contribution in [3.05, 3.63) is 24.2 Å². The maximum Gasteiger partial charge on any atom is 0.160 e. The molecular weight excluding hydrogens is 248 g/mol. The van der Waals surface area contributed by atoms with Gasteiger partial charge in [0.1, 0.15) is 11.3 Å². The first-order valence-electron chi connectivity index (χ1n) is 7.76. The van der Waals surface area contributed by atoms with E-state index in [0.717, 1.165) is 17.6 Å². The Morgan fingerprint density at radius 2 is 2.05 bits per heavy atom. The van der Waals surface area contributed by atoms with Gasteiger partial charge in [0.15, 0.2) is 5.65 Å². The highest BCUT2D eigenvalue weighted by atomic mass is 15.2. The fraction of sp³-hybridized carbons (Fsp3) is 0.625. The predicted octanol–water partition coefficient (Wildman–Crippen LogP) is 3.04. The summed E-state index contributed by atoms with van der Waals surface area (Å²) in [5.74, 6) is 1.18. The maximum absolute atomic E-state index is 4.75. The summed E-state index contributed by atoms with van der Waals surface area (Å²) in [6, 6.07) is 5.25. The SMILES string of the molecule is CCc1nc2cccnc2n1C1CCN(C(C)C)CC1. The number of hydrogen-bond acceptors (Lipinski definition) is 3. The number of pyridine rings is 1. The topological polar surface area (TPSA) is 34.0 Å². The van der Waals surface area contributed by atoms with Crippen LogP contribution in [0.4, 0.5) is 0 Å². The molecule has 0 atom stereocenters. The van der Waals surface area contributed by atoms with Crippen LogP contribution in [0.15, 0.2) is 18.3 Å². The van der Waals surface area contributed by atoms with Crippen molar-refractivity contribution in [1.82, 2.24) is 19.4 Å². The Morgan fingerprint density at radius 3 is 2.70 bits per heavy atom. The third-order valence-electron chi connectivity index (χ3n) is 4.43. The number of rotatable bonds is 3. The number of hydrogen-bond donors (Lipinski definition) is 0. The van der Waals surface area contributed by atoms with E-state index in [1.807, 2.05) is 12.3 Å². The number of imidazole rings is 1. The molecule has 0 radical (unpaired) electrons. The van der Waals surface area contributed by atoms with Gasteiger partial charge >= 0.3 is 0 Å². The molecule has 2 aromatic heterocycles. The van der Waals surface area contributed by atoms with Gasteiger partial charge < -0.3 is 9.47 Å². The molecule has 0 aliphatic carbocycles. The fourth-order valence-corrected chi connectivity index (χ4v) is 3.27. The highest BCUT2D eigenvalue weighted by molar-refractivity contribution is 5.71. The Kier molecular flexibility index (Phi) is 3.74. The molecule has 0 spiro atoms. The van der Waals surface area contributed by atoms with E-state index < -0.39 is 0 Å². The molecule has 108 valence electrons. The van der Waals surface area contributed by atoms with Crippen LogP contribution < -0.4 is 0 Å². The van der Waals surface area contributed by atoms with Gasteiger partial charge in [0, 0.05) is 37.8 Å². The molecule has 0 amide bonds. The first-order chi connectivity index (χ1) is 9.70. The van der Waals surface area contributed by atoms with Gasteiger partial charge in [-0.05, 0) is 38.8 Å². The molecule has 4 heteroatoms. The Balaban J connectivity index is 1.90. The zero-order valence-electron chi connectivity index (χ0n) is 12.7. The Hall–Kier alpha value is -1.42. The second-order valence-corrected chi connectivity index (χ2v) is 5.96. The molecule has 0 N–H and O–H groups in total. The number of aromatic nitrogens is 3. The second kappa shape index (κ2) is 5.52. The van der Waals surface area contributed by atoms with Crippen molar-refractivity contribution in [2.75, 3.05) is 13.1 Å². The lowest BCUT2D eigenvalue weighted by molar-refractivity contribution is 0.152. The molecule has 4 nitrogen and oxygen atoms in total. The summed E-state index contributed by atoms with van der Waals surface area (Å²) in [5.41, 5.74) is 2.10. The van der Waals surface area contributed by atoms with E-state index in [-0.39, 0.29) is 0 Å². The summed E-state index contributed by atoms with van der Waals surface area (Å²) in [7, 11) is 0. The van der Waals surface area contributed by atoms with E-state index in [2.05, 4.69) is 41.3 Å². The monoisotopic (exact) mass is 272 g/mol. The van der Waals surface area contributed by atoms with Crippen LogP contribution in [0, 0.1) is 0 Å². The minimum Gasteiger partial charge on any atom is -0.309 e. The quantitative estimate of drug-likeness (QED) is 0.861. The van der Waals surface area contributed by atoms with Crippen molar-refractivity contribution in [1.29, 1.82) is 0 Å². The van der Waals surface area contributed by atoms with Crippen LogP contribution in [-0.2, 0) is 6.42 Å². The van der Waals surface area contributed by atoms with Crippen LogP contribution in [0.1, 0.15) is 45.5 Å². The largest absolute Gasteiger partial charge is 0.309 e. The molecule has 1 aliphatic heterocycles. The molecule has 0 unspecified atom stereocenters. The molecule has 0 bridgehead atoms. The Labute approximate surface area is 120 Å². The van der Waals surface area contributed by atoms with Gasteiger partial charge in [0.25, 0.3) is 0 Å². The maximum atomic E-state index is 4.75. The zero-order valence-corrected chi connectivity index (χ0v) is 12.7. The van der Waals surface area contributed by atoms with Crippen LogP contribution in [0.25, 0.3) is 11.2 Å². The number of nitrogens with zero attached hydrogens (tertiary/aromatic N) is 4. The van der Waals surface area contributed by atoms with Crippen molar-refractivity contribution in [3.8, 4) is 0 Å². The molecule has 3 rings (SSSR count). The molecular formula is C16H24N4. The molecule has 1 fully saturated rings. The van der Waals surface area contributed by atoms with Gasteiger partial charge in [-0.15, -0.1) is 0 Å². The normalized spacial score (nSPS) is 18.2. The molecule has 1 aliphatic rings. The smallest absolute Gasteiger partial charge is 0.160 e. The lowest BCUT2D eigenvalue weighted by Gasteiger charge is -2.35. The molecule has 20 heavy (non-hydrogen) atoms. The van der Waals surface area contributed by atoms with E-state index in [4.69, 9.17) is 4.98 Å². The summed E-state index contributed by atoms with van der Waals surface area (Å²) in [6.07, 6.45) is 5.25. The summed E-state index contributed by atoms with van der Waals surface area (Å²) >= 11 is 0. The third kappa shape index (κ3) is 2.33. The molecule has 1 saturated heterocycles. The van der Waals surface area contributed by atoms with Crippen molar-refractivity contribution >= 4 is 11.2 Å². The van der Waals surface area contributed by atoms with Crippen LogP contribution in [-0.4, -0.2) is 38.6 Å². The van der Waals surface area contributed by atoms with Gasteiger partial charge in [0.2, 0.25) is 0 Å². The van der Waals surface area contributed by atoms with Crippen molar-refractivity contribution in [3.63, 3.8) is 0 Å². The average Bonchev–Trinajstić information content (AvgIpc) is 2.85. The van der Waals surface area contributed by atoms with Crippen LogP contribution in [0.3, 0.4) is 0 Å². The average molecular weight is 272 g/mol. The molecule has 0 aromatic carbocycles. The van der Waals surface area contributed by atoms with Crippen LogP contribution >= 0.6 is 0 Å². The first kappa shape index (κ1) is 13.6. The number of fused-ring (bicyclic) bond motifs is 1. The van der Waals surface area contributed by atoms with E-state index in [1.165, 1.54) is 31.8 Å². The van der Waals surface area contributed by atoms with Crippen LogP contribution in [0.5, 0.6) is 0 Å². The van der Waals surface area contributed by atoms with E-state index in [1.54, 1.807) is 0 Å². The fourth-order valence-electron chi connectivity index (χ4n) is 3.27. The first-order valence-corrected chi connectivity index (χ1v) is 7.76. The summed E-state index contributed by atoms with van der Waals surface area (Å²) < 4.78 is 2.40. The van der Waals surface area contributed by atoms with E-state index >= 15 is 0 Å². The predicted molar refractivity (Wildman–Crippen MR) is 81.9 cm³/mol. The second-order valence-electron chi connectivity index (χ2n) is 5.96. The van der Waals surface area contributed by atoms with Gasteiger partial charge in [-0.1, -0.05) is 6.92 Å². The minimum absolute atomic E-state index is 0.555. The highest BCUT2D eigenvalue weighted by Gasteiger charge is 2.25. The Morgan fingerprint density at radius 1 is 1.30 bits per heavy atom. The Bertz CT molecular complexity index is 579. The number of aryl methyl sites for hydroxylation is 1. The zero-order chi connectivity index (χ0) is 14.1. The lowest BCUT2D eigenvalue weighted by atomic mass is 10.0.